The zero-order valence-electron chi connectivity index (χ0n) is 18.6. The van der Waals surface area contributed by atoms with Gasteiger partial charge in [-0.1, -0.05) is 17.7 Å². The van der Waals surface area contributed by atoms with Crippen LogP contribution in [0.1, 0.15) is 35.3 Å². The molecule has 4 aromatic rings. The van der Waals surface area contributed by atoms with Crippen LogP contribution in [0.5, 0.6) is 11.6 Å². The highest BCUT2D eigenvalue weighted by atomic mass is 35.5. The Kier molecular flexibility index (Phi) is 4.84. The summed E-state index contributed by atoms with van der Waals surface area (Å²) in [7, 11) is 1.57. The molecule has 2 aliphatic rings. The van der Waals surface area contributed by atoms with Crippen molar-refractivity contribution in [2.24, 2.45) is 0 Å². The molecule has 1 aliphatic carbocycles. The number of halogens is 1. The smallest absolute Gasteiger partial charge is 0.255 e. The molecule has 1 saturated carbocycles. The number of ether oxygens (including phenoxy) is 2. The van der Waals surface area contributed by atoms with Gasteiger partial charge in [-0.15, -0.1) is 0 Å². The van der Waals surface area contributed by atoms with E-state index in [1.165, 1.54) is 0 Å². The number of fused-ring (bicyclic) bond motifs is 4. The minimum atomic E-state index is -0.110. The van der Waals surface area contributed by atoms with E-state index >= 15 is 0 Å². The number of carbonyl (C=O) groups is 1. The van der Waals surface area contributed by atoms with Crippen molar-refractivity contribution in [3.8, 4) is 22.9 Å². The van der Waals surface area contributed by atoms with E-state index in [0.29, 0.717) is 45.7 Å². The summed E-state index contributed by atoms with van der Waals surface area (Å²) in [6.07, 6.45) is 2.66. The summed E-state index contributed by atoms with van der Waals surface area (Å²) in [6.45, 7) is 2.43. The van der Waals surface area contributed by atoms with E-state index < -0.39 is 0 Å². The van der Waals surface area contributed by atoms with Crippen LogP contribution in [-0.2, 0) is 0 Å². The zero-order chi connectivity index (χ0) is 23.4. The normalized spacial score (nSPS) is 18.1. The molecule has 0 radical (unpaired) electrons. The Morgan fingerprint density at radius 3 is 2.94 bits per heavy atom. The highest BCUT2D eigenvalue weighted by Gasteiger charge is 2.48. The predicted molar refractivity (Wildman–Crippen MR) is 130 cm³/mol. The number of amides is 1. The number of rotatable bonds is 6. The first-order valence-electron chi connectivity index (χ1n) is 11.1. The molecule has 6 rings (SSSR count). The summed E-state index contributed by atoms with van der Waals surface area (Å²) in [5.74, 6) is 1.18. The van der Waals surface area contributed by atoms with Gasteiger partial charge in [0.05, 0.1) is 46.9 Å². The summed E-state index contributed by atoms with van der Waals surface area (Å²) in [4.78, 5) is 25.9. The number of hydrogen-bond acceptors (Lipinski definition) is 6. The number of methoxy groups -OCH3 is 1. The Bertz CT molecular complexity index is 1450. The third-order valence-electron chi connectivity index (χ3n) is 6.28. The van der Waals surface area contributed by atoms with E-state index in [1.807, 2.05) is 31.2 Å². The number of para-hydroxylation sites is 1. The van der Waals surface area contributed by atoms with Crippen LogP contribution >= 0.6 is 11.6 Å². The minimum absolute atomic E-state index is 0.110. The van der Waals surface area contributed by atoms with Crippen molar-refractivity contribution >= 4 is 39.9 Å². The van der Waals surface area contributed by atoms with E-state index in [-0.39, 0.29) is 17.9 Å². The van der Waals surface area contributed by atoms with Crippen LogP contribution in [0.4, 0.5) is 11.4 Å². The van der Waals surface area contributed by atoms with Gasteiger partial charge in [0.25, 0.3) is 5.91 Å². The van der Waals surface area contributed by atoms with Gasteiger partial charge in [0.1, 0.15) is 5.52 Å². The molecule has 1 aromatic carbocycles. The molecule has 4 heterocycles. The van der Waals surface area contributed by atoms with Gasteiger partial charge in [-0.25, -0.2) is 4.98 Å². The maximum absolute atomic E-state index is 13.1. The van der Waals surface area contributed by atoms with Crippen LogP contribution in [-0.4, -0.2) is 40.6 Å². The van der Waals surface area contributed by atoms with Gasteiger partial charge in [0.15, 0.2) is 5.75 Å². The molecule has 0 bridgehead atoms. The van der Waals surface area contributed by atoms with Gasteiger partial charge in [-0.05, 0) is 37.6 Å². The van der Waals surface area contributed by atoms with E-state index in [9.17, 15) is 4.79 Å². The van der Waals surface area contributed by atoms with E-state index in [0.717, 1.165) is 28.9 Å². The molecule has 3 aromatic heterocycles. The molecule has 0 spiro atoms. The zero-order valence-corrected chi connectivity index (χ0v) is 19.4. The third kappa shape index (κ3) is 3.25. The SMILES string of the molecule is CCOc1ccc2nccc(-c3[nH]c4c(c3Nc3cccc(Cl)c3OC)C(=O)N[C@H]3C[C@@H]43)c2n1. The quantitative estimate of drug-likeness (QED) is 0.361. The lowest BCUT2D eigenvalue weighted by atomic mass is 10.0. The molecule has 0 saturated heterocycles. The average Bonchev–Trinajstić information content (AvgIpc) is 3.51. The fourth-order valence-electron chi connectivity index (χ4n) is 4.66. The van der Waals surface area contributed by atoms with Gasteiger partial charge in [-0.3, -0.25) is 9.78 Å². The van der Waals surface area contributed by atoms with E-state index in [2.05, 4.69) is 20.6 Å². The molecule has 1 aliphatic heterocycles. The van der Waals surface area contributed by atoms with Gasteiger partial charge in [-0.2, -0.15) is 0 Å². The summed E-state index contributed by atoms with van der Waals surface area (Å²) >= 11 is 6.37. The van der Waals surface area contributed by atoms with Crippen LogP contribution in [0.3, 0.4) is 0 Å². The molecule has 172 valence electrons. The standard InChI is InChI=1S/C25H22ClN5O3/c1-3-34-18-8-7-15-20(30-18)12(9-10-27-15)22-23(28-16-6-4-5-14(26)24(16)33-2)19-21(31-22)13-11-17(13)29-25(19)32/h4-10,13,17,28,31H,3,11H2,1-2H3,(H,29,32)/t13-,17+/m1/s1. The van der Waals surface area contributed by atoms with Gasteiger partial charge >= 0.3 is 0 Å². The maximum Gasteiger partial charge on any atom is 0.255 e. The van der Waals surface area contributed by atoms with Crippen molar-refractivity contribution in [3.05, 3.63) is 58.9 Å². The van der Waals surface area contributed by atoms with Crippen molar-refractivity contribution < 1.29 is 14.3 Å². The van der Waals surface area contributed by atoms with Crippen LogP contribution in [0.15, 0.2) is 42.6 Å². The lowest BCUT2D eigenvalue weighted by molar-refractivity contribution is 0.0944. The number of anilines is 2. The summed E-state index contributed by atoms with van der Waals surface area (Å²) in [5, 5.41) is 7.01. The van der Waals surface area contributed by atoms with Crippen molar-refractivity contribution in [2.45, 2.75) is 25.3 Å². The number of aromatic nitrogens is 3. The molecule has 2 atom stereocenters. The van der Waals surface area contributed by atoms with Gasteiger partial charge in [0.2, 0.25) is 5.88 Å². The second-order valence-electron chi connectivity index (χ2n) is 8.34. The minimum Gasteiger partial charge on any atom is -0.493 e. The Morgan fingerprint density at radius 1 is 1.24 bits per heavy atom. The largest absolute Gasteiger partial charge is 0.493 e. The molecule has 8 nitrogen and oxygen atoms in total. The first kappa shape index (κ1) is 20.8. The Labute approximate surface area is 200 Å². The number of nitrogens with zero attached hydrogens (tertiary/aromatic N) is 2. The number of nitrogens with one attached hydrogen (secondary N) is 3. The summed E-state index contributed by atoms with van der Waals surface area (Å²) in [6, 6.07) is 11.2. The Hall–Kier alpha value is -3.78. The second kappa shape index (κ2) is 7.92. The number of hydrogen-bond donors (Lipinski definition) is 3. The highest BCUT2D eigenvalue weighted by Crippen LogP contribution is 2.50. The number of aromatic amines is 1. The number of H-pyrrole nitrogens is 1. The van der Waals surface area contributed by atoms with Crippen LogP contribution in [0, 0.1) is 0 Å². The van der Waals surface area contributed by atoms with Gasteiger partial charge < -0.3 is 25.1 Å². The number of carbonyl (C=O) groups excluding carboxylic acids is 1. The van der Waals surface area contributed by atoms with Crippen molar-refractivity contribution in [3.63, 3.8) is 0 Å². The van der Waals surface area contributed by atoms with Crippen molar-refractivity contribution in [1.29, 1.82) is 0 Å². The van der Waals surface area contributed by atoms with Crippen LogP contribution < -0.4 is 20.1 Å². The van der Waals surface area contributed by atoms with Crippen LogP contribution in [0.2, 0.25) is 5.02 Å². The monoisotopic (exact) mass is 475 g/mol. The number of benzene rings is 1. The van der Waals surface area contributed by atoms with Crippen molar-refractivity contribution in [2.75, 3.05) is 19.0 Å². The average molecular weight is 476 g/mol. The molecule has 0 unspecified atom stereocenters. The first-order valence-corrected chi connectivity index (χ1v) is 11.5. The topological polar surface area (TPSA) is 101 Å². The fourth-order valence-corrected chi connectivity index (χ4v) is 4.91. The van der Waals surface area contributed by atoms with Gasteiger partial charge in [0, 0.05) is 35.5 Å². The second-order valence-corrected chi connectivity index (χ2v) is 8.75. The van der Waals surface area contributed by atoms with Crippen LogP contribution in [0.25, 0.3) is 22.3 Å². The molecular weight excluding hydrogens is 454 g/mol. The molecular formula is C25H22ClN5O3. The molecule has 3 N–H and O–H groups in total. The molecule has 9 heteroatoms. The summed E-state index contributed by atoms with van der Waals surface area (Å²) < 4.78 is 11.2. The third-order valence-corrected chi connectivity index (χ3v) is 6.58. The lowest BCUT2D eigenvalue weighted by Crippen LogP contribution is -2.31. The lowest BCUT2D eigenvalue weighted by Gasteiger charge is -2.17. The first-order chi connectivity index (χ1) is 16.6. The maximum atomic E-state index is 13.1. The summed E-state index contributed by atoms with van der Waals surface area (Å²) in [5.41, 5.74) is 5.81. The fraction of sp³-hybridized carbons (Fsp3) is 0.240. The molecule has 1 fully saturated rings. The predicted octanol–water partition coefficient (Wildman–Crippen LogP) is 5.03. The van der Waals surface area contributed by atoms with E-state index in [1.54, 1.807) is 25.4 Å². The molecule has 1 amide bonds. The Morgan fingerprint density at radius 2 is 2.12 bits per heavy atom. The highest BCUT2D eigenvalue weighted by molar-refractivity contribution is 6.32. The Balaban J connectivity index is 1.58. The number of pyridine rings is 2. The van der Waals surface area contributed by atoms with Crippen molar-refractivity contribution in [1.82, 2.24) is 20.3 Å². The molecule has 34 heavy (non-hydrogen) atoms. The van der Waals surface area contributed by atoms with E-state index in [4.69, 9.17) is 26.1 Å².